The second kappa shape index (κ2) is 8.58. The van der Waals surface area contributed by atoms with Gasteiger partial charge in [0.1, 0.15) is 11.5 Å². The fraction of sp³-hybridized carbons (Fsp3) is 0.174. The molecule has 0 radical (unpaired) electrons. The summed E-state index contributed by atoms with van der Waals surface area (Å²) in [6.45, 7) is 0.623. The number of aromatic amines is 1. The molecule has 0 atom stereocenters. The molecule has 8 nitrogen and oxygen atoms in total. The van der Waals surface area contributed by atoms with Gasteiger partial charge in [0.15, 0.2) is 5.82 Å². The first-order valence-corrected chi connectivity index (χ1v) is 12.0. The van der Waals surface area contributed by atoms with Gasteiger partial charge in [0, 0.05) is 54.4 Å². The van der Waals surface area contributed by atoms with Gasteiger partial charge < -0.3 is 4.98 Å². The number of halogens is 2. The Bertz CT molecular complexity index is 1500. The molecule has 3 aromatic heterocycles. The lowest BCUT2D eigenvalue weighted by Crippen LogP contribution is -2.33. The molecule has 1 aliphatic heterocycles. The van der Waals surface area contributed by atoms with Gasteiger partial charge >= 0.3 is 10.2 Å². The SMILES string of the molecule is O=C(c1c(F)ccc(NS(=O)(=O)N2CCCC2)c1F)c1c[nH]c2ncc(-c3ccncc3)cc12. The molecular formula is C23H19F2N5O3S. The molecule has 174 valence electrons. The molecule has 0 spiro atoms. The number of nitrogens with one attached hydrogen (secondary N) is 2. The van der Waals surface area contributed by atoms with E-state index in [0.29, 0.717) is 42.5 Å². The van der Waals surface area contributed by atoms with E-state index in [1.165, 1.54) is 10.5 Å². The van der Waals surface area contributed by atoms with Crippen molar-refractivity contribution in [3.05, 3.63) is 77.9 Å². The zero-order valence-electron chi connectivity index (χ0n) is 17.8. The van der Waals surface area contributed by atoms with Gasteiger partial charge in [-0.25, -0.2) is 13.8 Å². The molecule has 0 bridgehead atoms. The van der Waals surface area contributed by atoms with E-state index in [2.05, 4.69) is 19.7 Å². The Morgan fingerprint density at radius 1 is 1.06 bits per heavy atom. The average Bonchev–Trinajstić information content (AvgIpc) is 3.52. The molecule has 1 fully saturated rings. The minimum absolute atomic E-state index is 0.00996. The van der Waals surface area contributed by atoms with Crippen molar-refractivity contribution in [3.63, 3.8) is 0 Å². The number of hydrogen-bond donors (Lipinski definition) is 2. The van der Waals surface area contributed by atoms with Gasteiger partial charge in [0.25, 0.3) is 0 Å². The second-order valence-corrected chi connectivity index (χ2v) is 9.56. The Labute approximate surface area is 193 Å². The smallest absolute Gasteiger partial charge is 0.301 e. The number of ketones is 1. The minimum atomic E-state index is -4.03. The largest absolute Gasteiger partial charge is 0.345 e. The van der Waals surface area contributed by atoms with Crippen LogP contribution in [0.4, 0.5) is 14.5 Å². The normalized spacial score (nSPS) is 14.5. The van der Waals surface area contributed by atoms with E-state index in [1.54, 1.807) is 36.8 Å². The first-order chi connectivity index (χ1) is 16.3. The predicted octanol–water partition coefficient (Wildman–Crippen LogP) is 3.89. The lowest BCUT2D eigenvalue weighted by Gasteiger charge is -2.18. The average molecular weight is 484 g/mol. The summed E-state index contributed by atoms with van der Waals surface area (Å²) in [4.78, 5) is 24.4. The Morgan fingerprint density at radius 2 is 1.79 bits per heavy atom. The highest BCUT2D eigenvalue weighted by atomic mass is 32.2. The summed E-state index contributed by atoms with van der Waals surface area (Å²) in [5, 5.41) is 0.376. The van der Waals surface area contributed by atoms with E-state index in [9.17, 15) is 17.6 Å². The van der Waals surface area contributed by atoms with Crippen molar-refractivity contribution >= 4 is 32.7 Å². The van der Waals surface area contributed by atoms with Gasteiger partial charge in [0.05, 0.1) is 11.3 Å². The van der Waals surface area contributed by atoms with Gasteiger partial charge in [-0.3, -0.25) is 14.5 Å². The number of carbonyl (C=O) groups is 1. The van der Waals surface area contributed by atoms with Crippen LogP contribution in [0, 0.1) is 11.6 Å². The van der Waals surface area contributed by atoms with Crippen LogP contribution in [-0.2, 0) is 10.2 Å². The van der Waals surface area contributed by atoms with Gasteiger partial charge in [-0.1, -0.05) is 0 Å². The first kappa shape index (κ1) is 22.1. The van der Waals surface area contributed by atoms with Crippen molar-refractivity contribution < 1.29 is 22.0 Å². The number of hydrogen-bond acceptors (Lipinski definition) is 5. The summed E-state index contributed by atoms with van der Waals surface area (Å²) < 4.78 is 58.4. The number of fused-ring (bicyclic) bond motifs is 1. The van der Waals surface area contributed by atoms with Crippen LogP contribution in [0.15, 0.2) is 55.1 Å². The molecule has 11 heteroatoms. The van der Waals surface area contributed by atoms with Gasteiger partial charge in [-0.2, -0.15) is 12.7 Å². The lowest BCUT2D eigenvalue weighted by atomic mass is 10.00. The molecule has 4 heterocycles. The summed E-state index contributed by atoms with van der Waals surface area (Å²) in [5.41, 5.74) is 0.531. The lowest BCUT2D eigenvalue weighted by molar-refractivity contribution is 0.103. The maximum absolute atomic E-state index is 15.3. The standard InChI is InChI=1S/C23H19F2N5O3S/c24-18-3-4-19(29-34(32,33)30-9-1-2-10-30)21(25)20(18)22(31)17-13-28-23-16(17)11-15(12-27-23)14-5-7-26-8-6-14/h3-8,11-13,29H,1-2,9-10H2,(H,27,28). The van der Waals surface area contributed by atoms with Crippen LogP contribution >= 0.6 is 0 Å². The number of nitrogens with zero attached hydrogens (tertiary/aromatic N) is 3. The number of anilines is 1. The van der Waals surface area contributed by atoms with Crippen molar-refractivity contribution in [2.75, 3.05) is 17.8 Å². The van der Waals surface area contributed by atoms with E-state index in [1.807, 2.05) is 0 Å². The fourth-order valence-corrected chi connectivity index (χ4v) is 5.30. The summed E-state index contributed by atoms with van der Waals surface area (Å²) in [7, 11) is -4.03. The number of pyridine rings is 2. The van der Waals surface area contributed by atoms with Crippen LogP contribution in [0.25, 0.3) is 22.2 Å². The van der Waals surface area contributed by atoms with Crippen LogP contribution in [0.3, 0.4) is 0 Å². The van der Waals surface area contributed by atoms with Crippen molar-refractivity contribution in [1.82, 2.24) is 19.3 Å². The predicted molar refractivity (Wildman–Crippen MR) is 122 cm³/mol. The molecule has 4 aromatic rings. The molecular weight excluding hydrogens is 464 g/mol. The van der Waals surface area contributed by atoms with E-state index < -0.39 is 38.9 Å². The first-order valence-electron chi connectivity index (χ1n) is 10.5. The molecule has 0 unspecified atom stereocenters. The second-order valence-electron chi connectivity index (χ2n) is 7.88. The molecule has 1 aliphatic rings. The summed E-state index contributed by atoms with van der Waals surface area (Å²) in [5.74, 6) is -3.31. The van der Waals surface area contributed by atoms with Gasteiger partial charge in [-0.05, 0) is 48.7 Å². The fourth-order valence-electron chi connectivity index (χ4n) is 4.00. The third-order valence-corrected chi connectivity index (χ3v) is 7.27. The quantitative estimate of drug-likeness (QED) is 0.405. The number of benzene rings is 1. The molecule has 0 amide bonds. The third kappa shape index (κ3) is 3.93. The summed E-state index contributed by atoms with van der Waals surface area (Å²) in [6.07, 6.45) is 7.57. The van der Waals surface area contributed by atoms with Crippen molar-refractivity contribution in [1.29, 1.82) is 0 Å². The summed E-state index contributed by atoms with van der Waals surface area (Å²) >= 11 is 0. The topological polar surface area (TPSA) is 108 Å². The molecule has 2 N–H and O–H groups in total. The number of H-pyrrole nitrogens is 1. The summed E-state index contributed by atoms with van der Waals surface area (Å²) in [6, 6.07) is 7.07. The zero-order chi connectivity index (χ0) is 23.9. The van der Waals surface area contributed by atoms with E-state index in [0.717, 1.165) is 17.7 Å². The Hall–Kier alpha value is -3.70. The van der Waals surface area contributed by atoms with Gasteiger partial charge in [0.2, 0.25) is 5.78 Å². The van der Waals surface area contributed by atoms with Crippen LogP contribution in [0.1, 0.15) is 28.8 Å². The van der Waals surface area contributed by atoms with Crippen LogP contribution in [-0.4, -0.2) is 46.5 Å². The van der Waals surface area contributed by atoms with E-state index >= 15 is 4.39 Å². The van der Waals surface area contributed by atoms with Crippen molar-refractivity contribution in [2.24, 2.45) is 0 Å². The van der Waals surface area contributed by atoms with Crippen LogP contribution < -0.4 is 4.72 Å². The number of carbonyl (C=O) groups excluding carboxylic acids is 1. The number of rotatable bonds is 6. The molecule has 0 aliphatic carbocycles. The molecule has 34 heavy (non-hydrogen) atoms. The van der Waals surface area contributed by atoms with Crippen molar-refractivity contribution in [2.45, 2.75) is 12.8 Å². The van der Waals surface area contributed by atoms with Crippen LogP contribution in [0.2, 0.25) is 0 Å². The van der Waals surface area contributed by atoms with Crippen molar-refractivity contribution in [3.8, 4) is 11.1 Å². The Kier molecular flexibility index (Phi) is 5.58. The highest BCUT2D eigenvalue weighted by Gasteiger charge is 2.29. The Balaban J connectivity index is 1.54. The van der Waals surface area contributed by atoms with Crippen LogP contribution in [0.5, 0.6) is 0 Å². The Morgan fingerprint density at radius 3 is 2.53 bits per heavy atom. The van der Waals surface area contributed by atoms with E-state index in [-0.39, 0.29) is 5.56 Å². The van der Waals surface area contributed by atoms with Gasteiger partial charge in [-0.15, -0.1) is 0 Å². The highest BCUT2D eigenvalue weighted by molar-refractivity contribution is 7.90. The monoisotopic (exact) mass is 483 g/mol. The highest BCUT2D eigenvalue weighted by Crippen LogP contribution is 2.30. The zero-order valence-corrected chi connectivity index (χ0v) is 18.6. The maximum Gasteiger partial charge on any atom is 0.301 e. The van der Waals surface area contributed by atoms with E-state index in [4.69, 9.17) is 0 Å². The maximum atomic E-state index is 15.3. The minimum Gasteiger partial charge on any atom is -0.345 e. The molecule has 5 rings (SSSR count). The molecule has 0 saturated carbocycles. The third-order valence-electron chi connectivity index (χ3n) is 5.75. The molecule has 1 saturated heterocycles. The number of aromatic nitrogens is 3. The molecule has 1 aromatic carbocycles.